The Balaban J connectivity index is 2.19. The van der Waals surface area contributed by atoms with Gasteiger partial charge in [-0.2, -0.15) is 13.5 Å². The molecular weight excluding hydrogens is 295 g/mol. The summed E-state index contributed by atoms with van der Waals surface area (Å²) < 4.78 is 39.8. The third-order valence-electron chi connectivity index (χ3n) is 2.74. The summed E-state index contributed by atoms with van der Waals surface area (Å²) in [6.45, 7) is 4.31. The van der Waals surface area contributed by atoms with E-state index in [0.717, 1.165) is 0 Å². The van der Waals surface area contributed by atoms with E-state index in [1.54, 1.807) is 0 Å². The molecular formula is C13H17FN4O2S. The van der Waals surface area contributed by atoms with Gasteiger partial charge in [0.15, 0.2) is 5.03 Å². The Labute approximate surface area is 122 Å². The first-order valence-corrected chi connectivity index (χ1v) is 7.91. The third-order valence-corrected chi connectivity index (χ3v) is 4.14. The van der Waals surface area contributed by atoms with Crippen LogP contribution in [0.2, 0.25) is 0 Å². The van der Waals surface area contributed by atoms with E-state index >= 15 is 0 Å². The van der Waals surface area contributed by atoms with Crippen LogP contribution in [0.15, 0.2) is 35.5 Å². The molecule has 1 heterocycles. The Morgan fingerprint density at radius 2 is 1.95 bits per heavy atom. The van der Waals surface area contributed by atoms with Gasteiger partial charge in [-0.15, -0.1) is 0 Å². The van der Waals surface area contributed by atoms with Crippen molar-refractivity contribution in [3.05, 3.63) is 41.8 Å². The summed E-state index contributed by atoms with van der Waals surface area (Å²) in [5.41, 5.74) is 0.826. The molecule has 21 heavy (non-hydrogen) atoms. The molecule has 0 amide bonds. The zero-order valence-electron chi connectivity index (χ0n) is 11.7. The predicted molar refractivity (Wildman–Crippen MR) is 77.8 cm³/mol. The third kappa shape index (κ3) is 4.02. The zero-order valence-corrected chi connectivity index (χ0v) is 12.5. The number of H-pyrrole nitrogens is 1. The number of rotatable bonds is 6. The molecule has 0 atom stereocenters. The molecule has 0 aliphatic carbocycles. The lowest BCUT2D eigenvalue weighted by atomic mass is 10.3. The molecule has 0 bridgehead atoms. The van der Waals surface area contributed by atoms with Crippen molar-refractivity contribution in [2.75, 3.05) is 4.72 Å². The fraction of sp³-hybridized carbons (Fsp3) is 0.308. The van der Waals surface area contributed by atoms with Gasteiger partial charge in [0.05, 0.1) is 6.20 Å². The van der Waals surface area contributed by atoms with Gasteiger partial charge in [0.1, 0.15) is 5.82 Å². The van der Waals surface area contributed by atoms with Crippen LogP contribution in [0, 0.1) is 5.82 Å². The van der Waals surface area contributed by atoms with E-state index in [4.69, 9.17) is 0 Å². The highest BCUT2D eigenvalue weighted by atomic mass is 32.2. The van der Waals surface area contributed by atoms with Crippen molar-refractivity contribution in [2.45, 2.75) is 31.5 Å². The quantitative estimate of drug-likeness (QED) is 0.759. The molecule has 8 heteroatoms. The number of hydrogen-bond donors (Lipinski definition) is 3. The first-order chi connectivity index (χ1) is 9.88. The second kappa shape index (κ2) is 6.23. The Morgan fingerprint density at radius 3 is 2.57 bits per heavy atom. The first-order valence-electron chi connectivity index (χ1n) is 6.42. The van der Waals surface area contributed by atoms with Crippen LogP contribution in [0.25, 0.3) is 0 Å². The lowest BCUT2D eigenvalue weighted by Crippen LogP contribution is -2.23. The van der Waals surface area contributed by atoms with E-state index in [9.17, 15) is 12.8 Å². The fourth-order valence-electron chi connectivity index (χ4n) is 1.70. The maximum absolute atomic E-state index is 12.8. The minimum atomic E-state index is -3.79. The van der Waals surface area contributed by atoms with Crippen molar-refractivity contribution < 1.29 is 12.8 Å². The number of aromatic amines is 1. The number of nitrogens with one attached hydrogen (secondary N) is 3. The first kappa shape index (κ1) is 15.5. The number of benzene rings is 1. The summed E-state index contributed by atoms with van der Waals surface area (Å²) in [5, 5.41) is 9.39. The fourth-order valence-corrected chi connectivity index (χ4v) is 2.89. The highest BCUT2D eigenvalue weighted by Gasteiger charge is 2.21. The molecule has 2 aromatic rings. The van der Waals surface area contributed by atoms with Gasteiger partial charge in [0, 0.05) is 23.8 Å². The van der Waals surface area contributed by atoms with Crippen LogP contribution in [0.1, 0.15) is 19.4 Å². The molecule has 2 rings (SSSR count). The monoisotopic (exact) mass is 312 g/mol. The molecule has 0 aliphatic rings. The summed E-state index contributed by atoms with van der Waals surface area (Å²) in [4.78, 5) is 0. The van der Waals surface area contributed by atoms with Crippen LogP contribution in [0.4, 0.5) is 10.1 Å². The summed E-state index contributed by atoms with van der Waals surface area (Å²) >= 11 is 0. The molecule has 1 aromatic heterocycles. The maximum Gasteiger partial charge on any atom is 0.279 e. The number of nitrogens with zero attached hydrogens (tertiary/aromatic N) is 1. The molecule has 6 nitrogen and oxygen atoms in total. The molecule has 0 saturated heterocycles. The molecule has 0 fully saturated rings. The van der Waals surface area contributed by atoms with Crippen molar-refractivity contribution in [1.82, 2.24) is 15.5 Å². The molecule has 3 N–H and O–H groups in total. The Hall–Kier alpha value is -1.93. The normalized spacial score (nSPS) is 11.8. The standard InChI is InChI=1S/C13H17FN4O2S/c1-9(2)15-7-10-8-16-17-13(10)21(19,20)18-12-5-3-11(14)4-6-12/h3-6,8-9,15,18H,7H2,1-2H3,(H,16,17). The van der Waals surface area contributed by atoms with Crippen molar-refractivity contribution in [1.29, 1.82) is 0 Å². The van der Waals surface area contributed by atoms with Gasteiger partial charge in [-0.1, -0.05) is 13.8 Å². The summed E-state index contributed by atoms with van der Waals surface area (Å²) in [5.74, 6) is -0.429. The van der Waals surface area contributed by atoms with E-state index in [1.807, 2.05) is 13.8 Å². The van der Waals surface area contributed by atoms with Crippen LogP contribution in [0.5, 0.6) is 0 Å². The highest BCUT2D eigenvalue weighted by Crippen LogP contribution is 2.17. The zero-order chi connectivity index (χ0) is 15.5. The topological polar surface area (TPSA) is 86.9 Å². The molecule has 1 aromatic carbocycles. The number of sulfonamides is 1. The van der Waals surface area contributed by atoms with E-state index in [2.05, 4.69) is 20.2 Å². The largest absolute Gasteiger partial charge is 0.310 e. The second-order valence-corrected chi connectivity index (χ2v) is 6.49. The summed E-state index contributed by atoms with van der Waals surface area (Å²) in [6.07, 6.45) is 1.47. The molecule has 0 radical (unpaired) electrons. The van der Waals surface area contributed by atoms with E-state index in [1.165, 1.54) is 30.5 Å². The number of aromatic nitrogens is 2. The number of anilines is 1. The van der Waals surface area contributed by atoms with Crippen molar-refractivity contribution >= 4 is 15.7 Å². The number of halogens is 1. The second-order valence-electron chi connectivity index (χ2n) is 4.87. The van der Waals surface area contributed by atoms with Crippen LogP contribution in [0.3, 0.4) is 0 Å². The minimum absolute atomic E-state index is 0.0000231. The molecule has 0 unspecified atom stereocenters. The smallest absolute Gasteiger partial charge is 0.279 e. The summed E-state index contributed by atoms with van der Waals surface area (Å²) in [7, 11) is -3.79. The van der Waals surface area contributed by atoms with E-state index < -0.39 is 15.8 Å². The van der Waals surface area contributed by atoms with Crippen LogP contribution in [-0.2, 0) is 16.6 Å². The SMILES string of the molecule is CC(C)NCc1cn[nH]c1S(=O)(=O)Nc1ccc(F)cc1. The van der Waals surface area contributed by atoms with Crippen LogP contribution >= 0.6 is 0 Å². The highest BCUT2D eigenvalue weighted by molar-refractivity contribution is 7.92. The van der Waals surface area contributed by atoms with E-state index in [-0.39, 0.29) is 16.8 Å². The van der Waals surface area contributed by atoms with Crippen molar-refractivity contribution in [2.24, 2.45) is 0 Å². The van der Waals surface area contributed by atoms with Gasteiger partial charge in [-0.25, -0.2) is 4.39 Å². The van der Waals surface area contributed by atoms with Gasteiger partial charge in [-0.3, -0.25) is 9.82 Å². The van der Waals surface area contributed by atoms with Gasteiger partial charge >= 0.3 is 0 Å². The molecule has 0 spiro atoms. The summed E-state index contributed by atoms with van der Waals surface area (Å²) in [6, 6.07) is 5.31. The van der Waals surface area contributed by atoms with Gasteiger partial charge in [0.2, 0.25) is 0 Å². The lowest BCUT2D eigenvalue weighted by Gasteiger charge is -2.10. The van der Waals surface area contributed by atoms with Gasteiger partial charge in [-0.05, 0) is 24.3 Å². The minimum Gasteiger partial charge on any atom is -0.310 e. The van der Waals surface area contributed by atoms with Crippen molar-refractivity contribution in [3.63, 3.8) is 0 Å². The lowest BCUT2D eigenvalue weighted by molar-refractivity contribution is 0.574. The Bertz CT molecular complexity index is 695. The average molecular weight is 312 g/mol. The molecule has 0 aliphatic heterocycles. The van der Waals surface area contributed by atoms with Crippen molar-refractivity contribution in [3.8, 4) is 0 Å². The molecule has 114 valence electrons. The predicted octanol–water partition coefficient (Wildman–Crippen LogP) is 1.85. The Kier molecular flexibility index (Phi) is 4.59. The van der Waals surface area contributed by atoms with Crippen LogP contribution in [-0.4, -0.2) is 24.7 Å². The Morgan fingerprint density at radius 1 is 1.29 bits per heavy atom. The van der Waals surface area contributed by atoms with Gasteiger partial charge in [0.25, 0.3) is 10.0 Å². The maximum atomic E-state index is 12.8. The average Bonchev–Trinajstić information content (AvgIpc) is 2.88. The van der Waals surface area contributed by atoms with Gasteiger partial charge < -0.3 is 5.32 Å². The van der Waals surface area contributed by atoms with E-state index in [0.29, 0.717) is 12.1 Å². The molecule has 0 saturated carbocycles. The number of hydrogen-bond acceptors (Lipinski definition) is 4. The van der Waals surface area contributed by atoms with Crippen LogP contribution < -0.4 is 10.0 Å².